The number of para-hydroxylation sites is 3. The van der Waals surface area contributed by atoms with Crippen molar-refractivity contribution in [2.45, 2.75) is 30.2 Å². The van der Waals surface area contributed by atoms with Crippen molar-refractivity contribution in [3.05, 3.63) is 342 Å². The molecule has 0 radical (unpaired) electrons. The van der Waals surface area contributed by atoms with Crippen molar-refractivity contribution in [2.75, 3.05) is 9.80 Å². The van der Waals surface area contributed by atoms with Crippen LogP contribution in [0.4, 0.5) is 28.4 Å². The zero-order chi connectivity index (χ0) is 56.1. The monoisotopic (exact) mass is 1080 g/mol. The number of fused-ring (bicyclic) bond motifs is 24. The van der Waals surface area contributed by atoms with Crippen LogP contribution in [0.1, 0.15) is 57.9 Å². The van der Waals surface area contributed by atoms with E-state index in [0.717, 1.165) is 34.9 Å². The van der Waals surface area contributed by atoms with Gasteiger partial charge in [0.1, 0.15) is 0 Å². The molecule has 4 aliphatic carbocycles. The van der Waals surface area contributed by atoms with Gasteiger partial charge in [-0.05, 0) is 218 Å². The molecule has 398 valence electrons. The molecule has 0 saturated heterocycles. The molecule has 0 aromatic heterocycles. The van der Waals surface area contributed by atoms with E-state index in [4.69, 9.17) is 0 Å². The summed E-state index contributed by atoms with van der Waals surface area (Å²) >= 11 is 0. The molecule has 2 spiro atoms. The molecule has 18 rings (SSSR count). The lowest BCUT2D eigenvalue weighted by molar-refractivity contribution is 0.779. The summed E-state index contributed by atoms with van der Waals surface area (Å²) < 4.78 is 0. The number of rotatable bonds is 9. The summed E-state index contributed by atoms with van der Waals surface area (Å²) in [5.74, 6) is 0. The Kier molecular flexibility index (Phi) is 10.2. The summed E-state index contributed by atoms with van der Waals surface area (Å²) in [4.78, 5) is 4.92. The van der Waals surface area contributed by atoms with Gasteiger partial charge in [0.25, 0.3) is 0 Å². The van der Waals surface area contributed by atoms with Gasteiger partial charge < -0.3 is 9.80 Å². The Hall–Kier alpha value is -10.5. The molecule has 4 aliphatic rings. The zero-order valence-electron chi connectivity index (χ0n) is 47.1. The van der Waals surface area contributed by atoms with Crippen molar-refractivity contribution in [3.8, 4) is 44.5 Å². The highest BCUT2D eigenvalue weighted by Crippen LogP contribution is 2.68. The molecule has 14 aromatic carbocycles. The molecule has 0 aliphatic heterocycles. The number of benzene rings is 14. The third-order valence-electron chi connectivity index (χ3n) is 19.8. The van der Waals surface area contributed by atoms with Gasteiger partial charge >= 0.3 is 0 Å². The fourth-order valence-electron chi connectivity index (χ4n) is 16.7. The Morgan fingerprint density at radius 1 is 0.329 bits per heavy atom. The lowest BCUT2D eigenvalue weighted by Gasteiger charge is -2.34. The third kappa shape index (κ3) is 6.23. The lowest BCUT2D eigenvalue weighted by atomic mass is 9.69. The van der Waals surface area contributed by atoms with Crippen LogP contribution in [0.25, 0.3) is 87.6 Å². The fraction of sp³-hybridized carbons (Fsp3) is 0.0602. The summed E-state index contributed by atoms with van der Waals surface area (Å²) in [7, 11) is 0. The Morgan fingerprint density at radius 3 is 1.15 bits per heavy atom. The molecule has 1 unspecified atom stereocenters. The molecule has 0 fully saturated rings. The fourth-order valence-corrected chi connectivity index (χ4v) is 16.7. The maximum Gasteiger partial charge on any atom is 0.0726 e. The molecule has 0 bridgehead atoms. The minimum atomic E-state index is -0.602. The van der Waals surface area contributed by atoms with Gasteiger partial charge in [0.05, 0.1) is 16.9 Å². The van der Waals surface area contributed by atoms with Gasteiger partial charge in [0.2, 0.25) is 0 Å². The molecule has 2 heteroatoms. The quantitative estimate of drug-likeness (QED) is 0.0807. The van der Waals surface area contributed by atoms with Gasteiger partial charge in [-0.1, -0.05) is 218 Å². The van der Waals surface area contributed by atoms with E-state index in [1.165, 1.54) is 132 Å². The van der Waals surface area contributed by atoms with E-state index in [-0.39, 0.29) is 6.04 Å². The largest absolute Gasteiger partial charge is 0.334 e. The van der Waals surface area contributed by atoms with Gasteiger partial charge in [0, 0.05) is 28.4 Å². The normalized spacial score (nSPS) is 14.4. The van der Waals surface area contributed by atoms with E-state index in [1.54, 1.807) is 0 Å². The summed E-state index contributed by atoms with van der Waals surface area (Å²) in [6.45, 7) is 6.55. The van der Waals surface area contributed by atoms with Crippen LogP contribution in [-0.2, 0) is 10.8 Å². The number of hydrogen-bond donors (Lipinski definition) is 0. The van der Waals surface area contributed by atoms with Crippen LogP contribution in [0.15, 0.2) is 298 Å². The van der Waals surface area contributed by atoms with Gasteiger partial charge in [-0.2, -0.15) is 0 Å². The maximum atomic E-state index is 4.45. The van der Waals surface area contributed by atoms with E-state index in [9.17, 15) is 0 Å². The van der Waals surface area contributed by atoms with Crippen LogP contribution in [0.2, 0.25) is 0 Å². The van der Waals surface area contributed by atoms with E-state index in [0.29, 0.717) is 0 Å². The number of nitrogens with zero attached hydrogens (tertiary/aromatic N) is 2. The van der Waals surface area contributed by atoms with Gasteiger partial charge in [-0.15, -0.1) is 6.58 Å². The molecule has 0 saturated carbocycles. The number of allylic oxidation sites excluding steroid dienone is 1. The predicted octanol–water partition coefficient (Wildman–Crippen LogP) is 21.6. The van der Waals surface area contributed by atoms with Crippen LogP contribution in [0.3, 0.4) is 0 Å². The molecule has 85 heavy (non-hydrogen) atoms. The molecule has 14 aromatic rings. The average molecular weight is 1080 g/mol. The van der Waals surface area contributed by atoms with E-state index in [2.05, 4.69) is 315 Å². The highest BCUT2D eigenvalue weighted by molar-refractivity contribution is 6.36. The number of anilines is 5. The summed E-state index contributed by atoms with van der Waals surface area (Å²) in [5, 5.41) is 10.4. The van der Waals surface area contributed by atoms with E-state index < -0.39 is 10.8 Å². The Labute approximate surface area is 495 Å². The van der Waals surface area contributed by atoms with E-state index >= 15 is 0 Å². The minimum Gasteiger partial charge on any atom is -0.334 e. The average Bonchev–Trinajstić information content (AvgIpc) is 1.54. The van der Waals surface area contributed by atoms with Crippen molar-refractivity contribution in [2.24, 2.45) is 0 Å². The lowest BCUT2D eigenvalue weighted by Crippen LogP contribution is -2.30. The van der Waals surface area contributed by atoms with Gasteiger partial charge in [-0.25, -0.2) is 0 Å². The first-order chi connectivity index (χ1) is 42.1. The molecule has 1 atom stereocenters. The van der Waals surface area contributed by atoms with Crippen molar-refractivity contribution in [1.82, 2.24) is 0 Å². The summed E-state index contributed by atoms with van der Waals surface area (Å²) in [5.41, 5.74) is 25.5. The first-order valence-corrected chi connectivity index (χ1v) is 30.0. The van der Waals surface area contributed by atoms with Crippen molar-refractivity contribution in [1.29, 1.82) is 0 Å². The Morgan fingerprint density at radius 2 is 0.718 bits per heavy atom. The molecule has 0 heterocycles. The van der Waals surface area contributed by atoms with Crippen LogP contribution >= 0.6 is 0 Å². The molecule has 0 N–H and O–H groups in total. The second-order valence-electron chi connectivity index (χ2n) is 23.6. The van der Waals surface area contributed by atoms with Crippen molar-refractivity contribution in [3.63, 3.8) is 0 Å². The summed E-state index contributed by atoms with van der Waals surface area (Å²) in [6.07, 6.45) is 7.37. The van der Waals surface area contributed by atoms with Crippen molar-refractivity contribution < 1.29 is 0 Å². The first-order valence-electron chi connectivity index (χ1n) is 30.0. The molecule has 0 amide bonds. The highest BCUT2D eigenvalue weighted by Gasteiger charge is 2.55. The first kappa shape index (κ1) is 48.0. The van der Waals surface area contributed by atoms with Crippen molar-refractivity contribution >= 4 is 71.5 Å². The smallest absolute Gasteiger partial charge is 0.0726 e. The SMILES string of the molecule is C=CC(C/C=C\C)N(c1ccccc1)c1ccc2c(c1)C1(c3ccccc3-c3ccccc31)c1cc3c4cccc5c6c(cc(c7cccc(c1-2)c73)c54)C1(c2ccccc2-c2ccccc21)c1cc(N(c2ccccc2)c2ccccc2)ccc1-6. The highest BCUT2D eigenvalue weighted by atomic mass is 15.2. The Bertz CT molecular complexity index is 5020. The number of hydrogen-bond acceptors (Lipinski definition) is 2. The molecule has 2 nitrogen and oxygen atoms in total. The summed E-state index contributed by atoms with van der Waals surface area (Å²) in [6, 6.07) is 104. The minimum absolute atomic E-state index is 0.0295. The second kappa shape index (κ2) is 18.0. The van der Waals surface area contributed by atoms with Gasteiger partial charge in [0.15, 0.2) is 0 Å². The second-order valence-corrected chi connectivity index (χ2v) is 23.6. The predicted molar refractivity (Wildman–Crippen MR) is 357 cm³/mol. The van der Waals surface area contributed by atoms with E-state index in [1.807, 2.05) is 0 Å². The van der Waals surface area contributed by atoms with Crippen LogP contribution in [-0.4, -0.2) is 6.04 Å². The molecular formula is C83H56N2. The third-order valence-corrected chi connectivity index (χ3v) is 19.8. The molecular weight excluding hydrogens is 1020 g/mol. The standard InChI is InChI=1S/C83H56N2/c1-3-5-25-52(4-2)84(53-26-9-6-10-27-53)56-44-46-64-74(48-56)82(70-40-19-15-32-58(70)59-33-16-20-41-71(59)82)76-50-68-62-37-24-39-67-79(62)69(63-36-23-38-66(78(63)68)80(64)76)51-77-81(67)65-47-45-57(85(54-28-11-7-12-29-54)55-30-13-8-14-31-55)49-75(65)83(77)72-42-21-17-34-60(72)61-35-18-22-43-73(61)83/h3-24,26-52H,2,25H2,1H3/b5-3-. The van der Waals surface area contributed by atoms with Crippen LogP contribution in [0, 0.1) is 0 Å². The Balaban J connectivity index is 0.950. The zero-order valence-corrected chi connectivity index (χ0v) is 47.1. The topological polar surface area (TPSA) is 6.48 Å². The van der Waals surface area contributed by atoms with Crippen LogP contribution in [0.5, 0.6) is 0 Å². The van der Waals surface area contributed by atoms with Crippen LogP contribution < -0.4 is 9.80 Å². The van der Waals surface area contributed by atoms with Gasteiger partial charge in [-0.3, -0.25) is 0 Å². The maximum absolute atomic E-state index is 4.45.